The molecule has 0 aromatic rings. The summed E-state index contributed by atoms with van der Waals surface area (Å²) in [6, 6.07) is 2.31. The minimum Gasteiger partial charge on any atom is -0.394 e. The minimum absolute atomic E-state index is 0.0657. The first kappa shape index (κ1) is 13.5. The summed E-state index contributed by atoms with van der Waals surface area (Å²) < 4.78 is 0. The van der Waals surface area contributed by atoms with Crippen LogP contribution in [0.2, 0.25) is 0 Å². The van der Waals surface area contributed by atoms with Gasteiger partial charge < -0.3 is 10.4 Å². The van der Waals surface area contributed by atoms with Crippen LogP contribution in [0.4, 0.5) is 0 Å². The van der Waals surface area contributed by atoms with Gasteiger partial charge in [0.05, 0.1) is 18.1 Å². The van der Waals surface area contributed by atoms with Gasteiger partial charge >= 0.3 is 0 Å². The standard InChI is InChI=1S/C13H24N2O/c1-12(2,10-14)8-9-15-13(11-16)6-4-3-5-7-13/h15-16H,3-9,11H2,1-2H3. The van der Waals surface area contributed by atoms with E-state index in [1.165, 1.54) is 19.3 Å². The lowest BCUT2D eigenvalue weighted by Gasteiger charge is -2.37. The van der Waals surface area contributed by atoms with Crippen molar-refractivity contribution in [1.29, 1.82) is 5.26 Å². The summed E-state index contributed by atoms with van der Waals surface area (Å²) in [7, 11) is 0. The number of aliphatic hydroxyl groups is 1. The normalized spacial score (nSPS) is 20.4. The predicted octanol–water partition coefficient (Wildman–Crippen LogP) is 2.21. The molecule has 1 aliphatic rings. The fourth-order valence-corrected chi connectivity index (χ4v) is 2.32. The van der Waals surface area contributed by atoms with Crippen molar-refractivity contribution in [3.63, 3.8) is 0 Å². The Balaban J connectivity index is 2.37. The predicted molar refractivity (Wildman–Crippen MR) is 64.9 cm³/mol. The van der Waals surface area contributed by atoms with Crippen LogP contribution in [-0.4, -0.2) is 23.8 Å². The monoisotopic (exact) mass is 224 g/mol. The first-order valence-corrected chi connectivity index (χ1v) is 6.31. The summed E-state index contributed by atoms with van der Waals surface area (Å²) in [6.07, 6.45) is 6.66. The molecule has 0 amide bonds. The van der Waals surface area contributed by atoms with Crippen LogP contribution < -0.4 is 5.32 Å². The molecular weight excluding hydrogens is 200 g/mol. The molecule has 0 aromatic heterocycles. The fraction of sp³-hybridized carbons (Fsp3) is 0.923. The first-order valence-electron chi connectivity index (χ1n) is 6.31. The zero-order valence-corrected chi connectivity index (χ0v) is 10.6. The summed E-state index contributed by atoms with van der Waals surface area (Å²) in [4.78, 5) is 0. The van der Waals surface area contributed by atoms with Gasteiger partial charge in [-0.25, -0.2) is 0 Å². The minimum atomic E-state index is -0.266. The lowest BCUT2D eigenvalue weighted by Crippen LogP contribution is -2.50. The molecule has 16 heavy (non-hydrogen) atoms. The Morgan fingerprint density at radius 1 is 1.31 bits per heavy atom. The highest BCUT2D eigenvalue weighted by atomic mass is 16.3. The third kappa shape index (κ3) is 3.77. The Hall–Kier alpha value is -0.590. The van der Waals surface area contributed by atoms with Crippen molar-refractivity contribution in [2.24, 2.45) is 5.41 Å². The van der Waals surface area contributed by atoms with E-state index in [-0.39, 0.29) is 17.6 Å². The summed E-state index contributed by atoms with van der Waals surface area (Å²) in [6.45, 7) is 4.96. The molecule has 1 aliphatic carbocycles. The van der Waals surface area contributed by atoms with E-state index in [0.29, 0.717) is 0 Å². The number of hydrogen-bond donors (Lipinski definition) is 2. The SMILES string of the molecule is CC(C)(C#N)CCNC1(CO)CCCCC1. The molecular formula is C13H24N2O. The fourth-order valence-electron chi connectivity index (χ4n) is 2.32. The number of nitriles is 1. The second-order valence-corrected chi connectivity index (χ2v) is 5.67. The van der Waals surface area contributed by atoms with Gasteiger partial charge in [-0.3, -0.25) is 0 Å². The maximum Gasteiger partial charge on any atom is 0.0684 e. The van der Waals surface area contributed by atoms with Crippen molar-refractivity contribution >= 4 is 0 Å². The zero-order chi connectivity index (χ0) is 12.1. The highest BCUT2D eigenvalue weighted by molar-refractivity contribution is 4.94. The zero-order valence-electron chi connectivity index (χ0n) is 10.6. The van der Waals surface area contributed by atoms with E-state index < -0.39 is 0 Å². The Morgan fingerprint density at radius 2 is 1.94 bits per heavy atom. The van der Waals surface area contributed by atoms with Crippen molar-refractivity contribution < 1.29 is 5.11 Å². The van der Waals surface area contributed by atoms with Crippen LogP contribution in [0.15, 0.2) is 0 Å². The van der Waals surface area contributed by atoms with E-state index in [1.54, 1.807) is 0 Å². The molecule has 0 spiro atoms. The Morgan fingerprint density at radius 3 is 2.44 bits per heavy atom. The number of nitrogens with zero attached hydrogens (tertiary/aromatic N) is 1. The van der Waals surface area contributed by atoms with Crippen molar-refractivity contribution in [3.05, 3.63) is 0 Å². The molecule has 1 fully saturated rings. The molecule has 2 N–H and O–H groups in total. The second-order valence-electron chi connectivity index (χ2n) is 5.67. The molecule has 3 nitrogen and oxygen atoms in total. The van der Waals surface area contributed by atoms with E-state index >= 15 is 0 Å². The van der Waals surface area contributed by atoms with Gasteiger partial charge in [-0.1, -0.05) is 19.3 Å². The van der Waals surface area contributed by atoms with Crippen LogP contribution >= 0.6 is 0 Å². The Kier molecular flexibility index (Phi) is 4.76. The third-order valence-corrected chi connectivity index (χ3v) is 3.67. The number of hydrogen-bond acceptors (Lipinski definition) is 3. The Labute approximate surface area is 98.8 Å². The van der Waals surface area contributed by atoms with Gasteiger partial charge in [0, 0.05) is 5.54 Å². The van der Waals surface area contributed by atoms with Gasteiger partial charge in [0.1, 0.15) is 0 Å². The van der Waals surface area contributed by atoms with E-state index in [0.717, 1.165) is 25.8 Å². The quantitative estimate of drug-likeness (QED) is 0.753. The maximum atomic E-state index is 9.50. The number of rotatable bonds is 5. The highest BCUT2D eigenvalue weighted by Crippen LogP contribution is 2.28. The first-order chi connectivity index (χ1) is 7.54. The van der Waals surface area contributed by atoms with E-state index in [1.807, 2.05) is 13.8 Å². The topological polar surface area (TPSA) is 56.0 Å². The van der Waals surface area contributed by atoms with E-state index in [2.05, 4.69) is 11.4 Å². The van der Waals surface area contributed by atoms with Crippen molar-refractivity contribution in [3.8, 4) is 6.07 Å². The molecule has 0 aliphatic heterocycles. The van der Waals surface area contributed by atoms with Gasteiger partial charge in [0.25, 0.3) is 0 Å². The van der Waals surface area contributed by atoms with Gasteiger partial charge in [0.2, 0.25) is 0 Å². The summed E-state index contributed by atoms with van der Waals surface area (Å²) in [5.41, 5.74) is -0.331. The van der Waals surface area contributed by atoms with Crippen LogP contribution in [0.25, 0.3) is 0 Å². The summed E-state index contributed by atoms with van der Waals surface area (Å²) in [5, 5.41) is 21.9. The van der Waals surface area contributed by atoms with E-state index in [4.69, 9.17) is 5.26 Å². The lowest BCUT2D eigenvalue weighted by atomic mass is 9.81. The molecule has 1 saturated carbocycles. The van der Waals surface area contributed by atoms with Crippen LogP contribution in [0.3, 0.4) is 0 Å². The molecule has 0 atom stereocenters. The molecule has 3 heteroatoms. The summed E-state index contributed by atoms with van der Waals surface area (Å²) in [5.74, 6) is 0. The molecule has 0 bridgehead atoms. The average molecular weight is 224 g/mol. The number of nitrogens with one attached hydrogen (secondary N) is 1. The molecule has 0 radical (unpaired) electrons. The van der Waals surface area contributed by atoms with Crippen LogP contribution in [0.5, 0.6) is 0 Å². The van der Waals surface area contributed by atoms with Crippen molar-refractivity contribution in [1.82, 2.24) is 5.32 Å². The molecule has 0 heterocycles. The smallest absolute Gasteiger partial charge is 0.0684 e. The molecule has 0 aromatic carbocycles. The number of aliphatic hydroxyl groups excluding tert-OH is 1. The van der Waals surface area contributed by atoms with Crippen LogP contribution in [-0.2, 0) is 0 Å². The molecule has 92 valence electrons. The van der Waals surface area contributed by atoms with Crippen LogP contribution in [0.1, 0.15) is 52.4 Å². The van der Waals surface area contributed by atoms with Gasteiger partial charge in [-0.2, -0.15) is 5.26 Å². The van der Waals surface area contributed by atoms with Gasteiger partial charge in [-0.15, -0.1) is 0 Å². The highest BCUT2D eigenvalue weighted by Gasteiger charge is 2.31. The molecule has 0 unspecified atom stereocenters. The molecule has 1 rings (SSSR count). The van der Waals surface area contributed by atoms with Crippen molar-refractivity contribution in [2.45, 2.75) is 57.9 Å². The lowest BCUT2D eigenvalue weighted by molar-refractivity contribution is 0.118. The van der Waals surface area contributed by atoms with Crippen LogP contribution in [0, 0.1) is 16.7 Å². The second kappa shape index (κ2) is 5.65. The largest absolute Gasteiger partial charge is 0.394 e. The van der Waals surface area contributed by atoms with Gasteiger partial charge in [-0.05, 0) is 39.7 Å². The third-order valence-electron chi connectivity index (χ3n) is 3.67. The van der Waals surface area contributed by atoms with Gasteiger partial charge in [0.15, 0.2) is 0 Å². The summed E-state index contributed by atoms with van der Waals surface area (Å²) >= 11 is 0. The Bertz CT molecular complexity index is 249. The van der Waals surface area contributed by atoms with E-state index in [9.17, 15) is 5.11 Å². The molecule has 0 saturated heterocycles. The van der Waals surface area contributed by atoms with Crippen molar-refractivity contribution in [2.75, 3.05) is 13.2 Å². The average Bonchev–Trinajstić information content (AvgIpc) is 2.30. The maximum absolute atomic E-state index is 9.50.